The van der Waals surface area contributed by atoms with E-state index in [1.165, 1.54) is 5.56 Å². The third kappa shape index (κ3) is 3.63. The first-order chi connectivity index (χ1) is 9.72. The summed E-state index contributed by atoms with van der Waals surface area (Å²) in [6.45, 7) is 2.18. The van der Waals surface area contributed by atoms with Crippen LogP contribution in [-0.4, -0.2) is 22.4 Å². The van der Waals surface area contributed by atoms with Crippen LogP contribution in [0.3, 0.4) is 0 Å². The summed E-state index contributed by atoms with van der Waals surface area (Å²) < 4.78 is 6.79. The molecule has 0 amide bonds. The Balaban J connectivity index is 1.99. The quantitative estimate of drug-likeness (QED) is 0.767. The van der Waals surface area contributed by atoms with E-state index in [1.54, 1.807) is 29.6 Å². The lowest BCUT2D eigenvalue weighted by Gasteiger charge is -2.06. The van der Waals surface area contributed by atoms with E-state index in [9.17, 15) is 4.79 Å². The Bertz CT molecular complexity index is 567. The Morgan fingerprint density at radius 2 is 2.05 bits per heavy atom. The number of hydrogen-bond acceptors (Lipinski definition) is 4. The molecule has 0 saturated carbocycles. The van der Waals surface area contributed by atoms with Gasteiger partial charge in [-0.15, -0.1) is 0 Å². The molecule has 0 N–H and O–H groups in total. The lowest BCUT2D eigenvalue weighted by molar-refractivity contribution is 0.0525. The molecular formula is C15H18N2O2S. The minimum Gasteiger partial charge on any atom is -0.462 e. The molecular weight excluding hydrogens is 272 g/mol. The second-order valence-electron chi connectivity index (χ2n) is 4.33. The Hall–Kier alpha value is -1.75. The van der Waals surface area contributed by atoms with Crippen LogP contribution in [0.5, 0.6) is 0 Å². The van der Waals surface area contributed by atoms with Crippen LogP contribution in [0.4, 0.5) is 0 Å². The number of thioether (sulfide) groups is 1. The van der Waals surface area contributed by atoms with E-state index in [1.807, 2.05) is 25.2 Å². The number of hydrogen-bond donors (Lipinski definition) is 0. The Kier molecular flexibility index (Phi) is 5.24. The number of benzene rings is 1. The lowest BCUT2D eigenvalue weighted by atomic mass is 10.2. The van der Waals surface area contributed by atoms with Crippen LogP contribution in [0, 0.1) is 0 Å². The molecule has 0 aliphatic heterocycles. The van der Waals surface area contributed by atoms with Crippen molar-refractivity contribution in [1.29, 1.82) is 0 Å². The van der Waals surface area contributed by atoms with E-state index in [4.69, 9.17) is 4.74 Å². The predicted molar refractivity (Wildman–Crippen MR) is 80.6 cm³/mol. The zero-order chi connectivity index (χ0) is 14.4. The Labute approximate surface area is 123 Å². The van der Waals surface area contributed by atoms with Crippen LogP contribution in [0.15, 0.2) is 36.5 Å². The maximum Gasteiger partial charge on any atom is 0.341 e. The number of aromatic nitrogens is 2. The van der Waals surface area contributed by atoms with E-state index < -0.39 is 0 Å². The highest BCUT2D eigenvalue weighted by molar-refractivity contribution is 7.97. The first kappa shape index (κ1) is 14.7. The van der Waals surface area contributed by atoms with Gasteiger partial charge in [0.15, 0.2) is 0 Å². The summed E-state index contributed by atoms with van der Waals surface area (Å²) in [6, 6.07) is 10.3. The maximum atomic E-state index is 11.8. The van der Waals surface area contributed by atoms with Gasteiger partial charge in [-0.1, -0.05) is 30.3 Å². The first-order valence-electron chi connectivity index (χ1n) is 6.52. The summed E-state index contributed by atoms with van der Waals surface area (Å²) in [5.74, 6) is 1.35. The van der Waals surface area contributed by atoms with Gasteiger partial charge >= 0.3 is 5.97 Å². The molecule has 0 atom stereocenters. The van der Waals surface area contributed by atoms with E-state index in [2.05, 4.69) is 17.2 Å². The number of rotatable bonds is 6. The largest absolute Gasteiger partial charge is 0.462 e. The molecule has 4 nitrogen and oxygen atoms in total. The molecule has 0 unspecified atom stereocenters. The third-order valence-electron chi connectivity index (χ3n) is 2.91. The molecule has 5 heteroatoms. The van der Waals surface area contributed by atoms with Crippen molar-refractivity contribution in [3.63, 3.8) is 0 Å². The highest BCUT2D eigenvalue weighted by Crippen LogP contribution is 2.20. The van der Waals surface area contributed by atoms with Crippen molar-refractivity contribution in [3.8, 4) is 0 Å². The van der Waals surface area contributed by atoms with Crippen LogP contribution in [0.25, 0.3) is 0 Å². The van der Waals surface area contributed by atoms with Gasteiger partial charge in [0.2, 0.25) is 0 Å². The number of esters is 1. The van der Waals surface area contributed by atoms with Crippen LogP contribution >= 0.6 is 11.8 Å². The Morgan fingerprint density at radius 3 is 2.75 bits per heavy atom. The molecule has 0 saturated heterocycles. The van der Waals surface area contributed by atoms with Gasteiger partial charge in [0, 0.05) is 18.6 Å². The van der Waals surface area contributed by atoms with Crippen molar-refractivity contribution >= 4 is 17.7 Å². The van der Waals surface area contributed by atoms with Crippen molar-refractivity contribution in [3.05, 3.63) is 53.3 Å². The topological polar surface area (TPSA) is 44.1 Å². The summed E-state index contributed by atoms with van der Waals surface area (Å²) in [5.41, 5.74) is 2.75. The normalized spacial score (nSPS) is 10.5. The van der Waals surface area contributed by atoms with Crippen molar-refractivity contribution in [1.82, 2.24) is 9.78 Å². The molecule has 0 spiro atoms. The van der Waals surface area contributed by atoms with Crippen molar-refractivity contribution in [2.45, 2.75) is 18.4 Å². The summed E-state index contributed by atoms with van der Waals surface area (Å²) >= 11 is 1.76. The number of nitrogens with zero attached hydrogens (tertiary/aromatic N) is 2. The number of aryl methyl sites for hydroxylation is 1. The minimum atomic E-state index is -0.295. The van der Waals surface area contributed by atoms with Gasteiger partial charge in [-0.05, 0) is 12.5 Å². The average Bonchev–Trinajstić information content (AvgIpc) is 2.82. The smallest absolute Gasteiger partial charge is 0.341 e. The third-order valence-corrected chi connectivity index (χ3v) is 3.92. The molecule has 20 heavy (non-hydrogen) atoms. The molecule has 2 aromatic rings. The second kappa shape index (κ2) is 7.14. The van der Waals surface area contributed by atoms with E-state index in [0.29, 0.717) is 12.2 Å². The van der Waals surface area contributed by atoms with E-state index in [0.717, 1.165) is 17.2 Å². The molecule has 2 rings (SSSR count). The molecule has 1 aromatic heterocycles. The van der Waals surface area contributed by atoms with Gasteiger partial charge in [0.05, 0.1) is 18.5 Å². The second-order valence-corrected chi connectivity index (χ2v) is 5.31. The van der Waals surface area contributed by atoms with Crippen molar-refractivity contribution in [2.24, 2.45) is 7.05 Å². The molecule has 0 aliphatic rings. The van der Waals surface area contributed by atoms with Gasteiger partial charge < -0.3 is 4.74 Å². The lowest BCUT2D eigenvalue weighted by Crippen LogP contribution is -2.08. The van der Waals surface area contributed by atoms with Gasteiger partial charge in [0.1, 0.15) is 5.56 Å². The van der Waals surface area contributed by atoms with Crippen LogP contribution in [-0.2, 0) is 23.3 Å². The van der Waals surface area contributed by atoms with Gasteiger partial charge in [-0.2, -0.15) is 16.9 Å². The summed E-state index contributed by atoms with van der Waals surface area (Å²) in [6.07, 6.45) is 1.58. The fourth-order valence-corrected chi connectivity index (χ4v) is 2.92. The minimum absolute atomic E-state index is 0.295. The standard InChI is InChI=1S/C15H18N2O2S/c1-3-19-15(18)13-9-16-17(2)14(13)11-20-10-12-7-5-4-6-8-12/h4-9H,3,10-11H2,1-2H3. The average molecular weight is 290 g/mol. The molecule has 1 aromatic carbocycles. The van der Waals surface area contributed by atoms with E-state index in [-0.39, 0.29) is 5.97 Å². The highest BCUT2D eigenvalue weighted by atomic mass is 32.2. The fourth-order valence-electron chi connectivity index (χ4n) is 1.85. The van der Waals surface area contributed by atoms with Gasteiger partial charge in [0.25, 0.3) is 0 Å². The van der Waals surface area contributed by atoms with Crippen LogP contribution in [0.1, 0.15) is 28.5 Å². The molecule has 1 heterocycles. The van der Waals surface area contributed by atoms with Gasteiger partial charge in [-0.25, -0.2) is 4.79 Å². The maximum absolute atomic E-state index is 11.8. The predicted octanol–water partition coefficient (Wildman–Crippen LogP) is 3.03. The molecule has 0 aliphatic carbocycles. The van der Waals surface area contributed by atoms with E-state index >= 15 is 0 Å². The zero-order valence-electron chi connectivity index (χ0n) is 11.7. The van der Waals surface area contributed by atoms with Crippen molar-refractivity contribution in [2.75, 3.05) is 6.61 Å². The highest BCUT2D eigenvalue weighted by Gasteiger charge is 2.16. The summed E-state index contributed by atoms with van der Waals surface area (Å²) in [4.78, 5) is 11.8. The monoisotopic (exact) mass is 290 g/mol. The van der Waals surface area contributed by atoms with Gasteiger partial charge in [-0.3, -0.25) is 4.68 Å². The summed E-state index contributed by atoms with van der Waals surface area (Å²) in [5, 5.41) is 4.15. The number of carbonyl (C=O) groups excluding carboxylic acids is 1. The molecule has 0 fully saturated rings. The van der Waals surface area contributed by atoms with Crippen molar-refractivity contribution < 1.29 is 9.53 Å². The fraction of sp³-hybridized carbons (Fsp3) is 0.333. The zero-order valence-corrected chi connectivity index (χ0v) is 12.5. The van der Waals surface area contributed by atoms with Crippen LogP contribution in [0.2, 0.25) is 0 Å². The molecule has 0 radical (unpaired) electrons. The van der Waals surface area contributed by atoms with Crippen LogP contribution < -0.4 is 0 Å². The molecule has 106 valence electrons. The number of carbonyl (C=O) groups is 1. The Morgan fingerprint density at radius 1 is 1.30 bits per heavy atom. The SMILES string of the molecule is CCOC(=O)c1cnn(C)c1CSCc1ccccc1. The first-order valence-corrected chi connectivity index (χ1v) is 7.67. The molecule has 0 bridgehead atoms. The number of ether oxygens (including phenoxy) is 1. The summed E-state index contributed by atoms with van der Waals surface area (Å²) in [7, 11) is 1.85.